The van der Waals surface area contributed by atoms with Crippen molar-refractivity contribution in [3.63, 3.8) is 0 Å². The minimum absolute atomic E-state index is 0.250. The quantitative estimate of drug-likeness (QED) is 0.379. The van der Waals surface area contributed by atoms with Crippen LogP contribution in [0.15, 0.2) is 37.0 Å². The summed E-state index contributed by atoms with van der Waals surface area (Å²) in [4.78, 5) is 10.8. The van der Waals surface area contributed by atoms with Crippen molar-refractivity contribution in [2.24, 2.45) is 0 Å². The molecule has 3 nitrogen and oxygen atoms in total. The molecule has 0 aliphatic heterocycles. The fourth-order valence-corrected chi connectivity index (χ4v) is 0.993. The van der Waals surface area contributed by atoms with Gasteiger partial charge in [-0.15, -0.1) is 0 Å². The molecule has 0 heterocycles. The number of rotatable bonds is 7. The second-order valence-corrected chi connectivity index (χ2v) is 3.86. The number of methoxy groups -OCH3 is 1. The van der Waals surface area contributed by atoms with Gasteiger partial charge in [0.15, 0.2) is 0 Å². The van der Waals surface area contributed by atoms with E-state index in [9.17, 15) is 4.79 Å². The van der Waals surface area contributed by atoms with E-state index in [-0.39, 0.29) is 11.6 Å². The molecule has 0 amide bonds. The van der Waals surface area contributed by atoms with Crippen molar-refractivity contribution < 1.29 is 14.3 Å². The second kappa shape index (κ2) is 7.88. The molecule has 0 aliphatic carbocycles. The lowest BCUT2D eigenvalue weighted by atomic mass is 10.1. The molecule has 0 atom stereocenters. The van der Waals surface area contributed by atoms with Crippen molar-refractivity contribution in [2.75, 3.05) is 13.7 Å². The Kier molecular flexibility index (Phi) is 7.21. The van der Waals surface area contributed by atoms with Crippen molar-refractivity contribution in [3.05, 3.63) is 37.0 Å². The Balaban J connectivity index is 3.89. The molecule has 0 aromatic heterocycles. The fourth-order valence-electron chi connectivity index (χ4n) is 0.993. The summed E-state index contributed by atoms with van der Waals surface area (Å²) in [5.41, 5.74) is -0.250. The van der Waals surface area contributed by atoms with Crippen LogP contribution in [-0.2, 0) is 14.3 Å². The number of carbonyl (C=O) groups excluding carboxylic acids is 1. The van der Waals surface area contributed by atoms with Gasteiger partial charge in [-0.2, -0.15) is 0 Å². The third-order valence-corrected chi connectivity index (χ3v) is 1.91. The van der Waals surface area contributed by atoms with E-state index in [1.54, 1.807) is 12.2 Å². The summed E-state index contributed by atoms with van der Waals surface area (Å²) < 4.78 is 10.0. The van der Waals surface area contributed by atoms with E-state index >= 15 is 0 Å². The highest BCUT2D eigenvalue weighted by molar-refractivity contribution is 5.81. The van der Waals surface area contributed by atoms with Crippen LogP contribution in [0.25, 0.3) is 0 Å². The van der Waals surface area contributed by atoms with Gasteiger partial charge >= 0.3 is 5.97 Å². The molecule has 0 saturated heterocycles. The van der Waals surface area contributed by atoms with Gasteiger partial charge in [-0.25, -0.2) is 4.79 Å². The zero-order valence-corrected chi connectivity index (χ0v) is 10.2. The largest absolute Gasteiger partial charge is 0.466 e. The van der Waals surface area contributed by atoms with Crippen LogP contribution in [0.5, 0.6) is 0 Å². The summed E-state index contributed by atoms with van der Waals surface area (Å²) >= 11 is 0. The summed E-state index contributed by atoms with van der Waals surface area (Å²) in [7, 11) is 1.34. The number of esters is 1. The lowest BCUT2D eigenvalue weighted by molar-refractivity contribution is -0.134. The first-order chi connectivity index (χ1) is 7.52. The molecule has 90 valence electrons. The smallest absolute Gasteiger partial charge is 0.330 e. The van der Waals surface area contributed by atoms with Gasteiger partial charge in [0.25, 0.3) is 0 Å². The highest BCUT2D eigenvalue weighted by Gasteiger charge is 2.15. The maximum absolute atomic E-state index is 10.8. The minimum Gasteiger partial charge on any atom is -0.466 e. The molecule has 16 heavy (non-hydrogen) atoms. The zero-order chi connectivity index (χ0) is 12.4. The summed E-state index contributed by atoms with van der Waals surface area (Å²) in [5, 5.41) is 0. The maximum Gasteiger partial charge on any atom is 0.330 e. The van der Waals surface area contributed by atoms with Crippen LogP contribution in [0, 0.1) is 0 Å². The van der Waals surface area contributed by atoms with Crippen LogP contribution in [0.3, 0.4) is 0 Å². The highest BCUT2D eigenvalue weighted by atomic mass is 16.5. The molecule has 0 bridgehead atoms. The third-order valence-electron chi connectivity index (χ3n) is 1.91. The lowest BCUT2D eigenvalue weighted by Gasteiger charge is -2.22. The molecule has 0 aliphatic rings. The van der Waals surface area contributed by atoms with Crippen LogP contribution in [0.2, 0.25) is 0 Å². The van der Waals surface area contributed by atoms with Crippen LogP contribution >= 0.6 is 0 Å². The van der Waals surface area contributed by atoms with Gasteiger partial charge in [0, 0.05) is 6.08 Å². The van der Waals surface area contributed by atoms with Gasteiger partial charge in [0.2, 0.25) is 0 Å². The summed E-state index contributed by atoms with van der Waals surface area (Å²) in [6.45, 7) is 7.97. The number of hydrogen-bond donors (Lipinski definition) is 0. The molecule has 3 heteroatoms. The van der Waals surface area contributed by atoms with E-state index < -0.39 is 0 Å². The van der Waals surface area contributed by atoms with E-state index in [1.807, 2.05) is 26.0 Å². The van der Waals surface area contributed by atoms with E-state index in [0.717, 1.165) is 6.42 Å². The average Bonchev–Trinajstić information content (AvgIpc) is 2.24. The van der Waals surface area contributed by atoms with Crippen LogP contribution in [0.1, 0.15) is 20.3 Å². The predicted molar refractivity (Wildman–Crippen MR) is 65.1 cm³/mol. The summed E-state index contributed by atoms with van der Waals surface area (Å²) in [6, 6.07) is 0. The minimum atomic E-state index is -0.368. The fraction of sp³-hybridized carbons (Fsp3) is 0.462. The van der Waals surface area contributed by atoms with Crippen LogP contribution in [0.4, 0.5) is 0 Å². The van der Waals surface area contributed by atoms with Crippen LogP contribution < -0.4 is 0 Å². The van der Waals surface area contributed by atoms with Gasteiger partial charge in [-0.3, -0.25) is 0 Å². The molecule has 0 unspecified atom stereocenters. The molecule has 0 saturated carbocycles. The van der Waals surface area contributed by atoms with Crippen molar-refractivity contribution in [3.8, 4) is 0 Å². The molecular weight excluding hydrogens is 204 g/mol. The number of carbonyl (C=O) groups is 1. The Labute approximate surface area is 97.4 Å². The van der Waals surface area contributed by atoms with Gasteiger partial charge < -0.3 is 9.47 Å². The van der Waals surface area contributed by atoms with Gasteiger partial charge in [-0.05, 0) is 20.3 Å². The Bertz CT molecular complexity index is 275. The first kappa shape index (κ1) is 14.6. The third kappa shape index (κ3) is 8.00. The van der Waals surface area contributed by atoms with Crippen molar-refractivity contribution >= 4 is 5.97 Å². The Hall–Kier alpha value is -1.35. The molecule has 0 spiro atoms. The standard InChI is InChI=1S/C13H20O3/c1-5-6-7-10-13(2,3)16-11-8-9-12(14)15-4/h5-9H,1,10-11H2,2-4H3/b7-6+,9-8+. The average molecular weight is 224 g/mol. The molecule has 0 N–H and O–H groups in total. The van der Waals surface area contributed by atoms with Gasteiger partial charge in [0.05, 0.1) is 19.3 Å². The zero-order valence-electron chi connectivity index (χ0n) is 10.2. The molecular formula is C13H20O3. The molecule has 0 rings (SSSR count). The predicted octanol–water partition coefficient (Wildman–Crippen LogP) is 2.64. The van der Waals surface area contributed by atoms with Crippen molar-refractivity contribution in [1.82, 2.24) is 0 Å². The number of ether oxygens (including phenoxy) is 2. The molecule has 0 radical (unpaired) electrons. The first-order valence-corrected chi connectivity index (χ1v) is 5.18. The Morgan fingerprint density at radius 1 is 1.38 bits per heavy atom. The number of allylic oxidation sites excluding steroid dienone is 2. The Morgan fingerprint density at radius 2 is 2.06 bits per heavy atom. The monoisotopic (exact) mass is 224 g/mol. The van der Waals surface area contributed by atoms with Crippen molar-refractivity contribution in [1.29, 1.82) is 0 Å². The molecule has 0 aromatic rings. The highest BCUT2D eigenvalue weighted by Crippen LogP contribution is 2.14. The van der Waals surface area contributed by atoms with Gasteiger partial charge in [-0.1, -0.05) is 30.9 Å². The second-order valence-electron chi connectivity index (χ2n) is 3.86. The molecule has 0 fully saturated rings. The SMILES string of the molecule is C=C/C=C/CC(C)(C)OC/C=C/C(=O)OC. The lowest BCUT2D eigenvalue weighted by Crippen LogP contribution is -2.23. The van der Waals surface area contributed by atoms with E-state index in [0.29, 0.717) is 6.61 Å². The normalized spacial score (nSPS) is 12.2. The van der Waals surface area contributed by atoms with Crippen LogP contribution in [-0.4, -0.2) is 25.3 Å². The maximum atomic E-state index is 10.8. The van der Waals surface area contributed by atoms with Crippen molar-refractivity contribution in [2.45, 2.75) is 25.9 Å². The summed E-state index contributed by atoms with van der Waals surface area (Å²) in [6.07, 6.45) is 9.41. The first-order valence-electron chi connectivity index (χ1n) is 5.18. The van der Waals surface area contributed by atoms with E-state index in [1.165, 1.54) is 13.2 Å². The number of hydrogen-bond acceptors (Lipinski definition) is 3. The van der Waals surface area contributed by atoms with E-state index in [2.05, 4.69) is 11.3 Å². The topological polar surface area (TPSA) is 35.5 Å². The van der Waals surface area contributed by atoms with E-state index in [4.69, 9.17) is 4.74 Å². The molecule has 0 aromatic carbocycles. The Morgan fingerprint density at radius 3 is 2.62 bits per heavy atom. The van der Waals surface area contributed by atoms with Gasteiger partial charge in [0.1, 0.15) is 0 Å². The summed E-state index contributed by atoms with van der Waals surface area (Å²) in [5.74, 6) is -0.368.